The van der Waals surface area contributed by atoms with Gasteiger partial charge >= 0.3 is 5.97 Å². The first-order valence-corrected chi connectivity index (χ1v) is 7.29. The lowest BCUT2D eigenvalue weighted by Crippen LogP contribution is -2.46. The minimum atomic E-state index is -0.328. The Morgan fingerprint density at radius 3 is 2.35 bits per heavy atom. The summed E-state index contributed by atoms with van der Waals surface area (Å²) in [5.41, 5.74) is 0. The SMILES string of the molecule is CCOC(=O)CCC(=O)N1CCC(NC(=O)CC)CC1. The second-order valence-corrected chi connectivity index (χ2v) is 4.88. The van der Waals surface area contributed by atoms with Crippen LogP contribution in [0, 0.1) is 0 Å². The zero-order valence-corrected chi connectivity index (χ0v) is 12.3. The van der Waals surface area contributed by atoms with Gasteiger partial charge in [0.1, 0.15) is 0 Å². The summed E-state index contributed by atoms with van der Waals surface area (Å²) in [6.45, 7) is 5.18. The number of carbonyl (C=O) groups excluding carboxylic acids is 3. The van der Waals surface area contributed by atoms with Crippen LogP contribution in [0.1, 0.15) is 46.0 Å². The van der Waals surface area contributed by atoms with E-state index >= 15 is 0 Å². The van der Waals surface area contributed by atoms with Gasteiger partial charge in [0.2, 0.25) is 11.8 Å². The minimum absolute atomic E-state index is 0.0154. The Bertz CT molecular complexity index is 349. The van der Waals surface area contributed by atoms with Crippen molar-refractivity contribution in [2.75, 3.05) is 19.7 Å². The third kappa shape index (κ3) is 5.59. The van der Waals surface area contributed by atoms with E-state index in [1.54, 1.807) is 11.8 Å². The Kier molecular flexibility index (Phi) is 7.04. The van der Waals surface area contributed by atoms with E-state index in [1.165, 1.54) is 0 Å². The molecule has 1 fully saturated rings. The molecule has 20 heavy (non-hydrogen) atoms. The van der Waals surface area contributed by atoms with E-state index < -0.39 is 0 Å². The van der Waals surface area contributed by atoms with Crippen molar-refractivity contribution in [3.63, 3.8) is 0 Å². The van der Waals surface area contributed by atoms with Crippen molar-refractivity contribution < 1.29 is 19.1 Å². The Hall–Kier alpha value is -1.59. The van der Waals surface area contributed by atoms with Crippen molar-refractivity contribution in [3.05, 3.63) is 0 Å². The van der Waals surface area contributed by atoms with Gasteiger partial charge in [0, 0.05) is 32.0 Å². The number of esters is 1. The summed E-state index contributed by atoms with van der Waals surface area (Å²) < 4.78 is 4.80. The molecule has 6 nitrogen and oxygen atoms in total. The Balaban J connectivity index is 2.25. The Morgan fingerprint density at radius 1 is 1.15 bits per heavy atom. The predicted molar refractivity (Wildman–Crippen MR) is 73.9 cm³/mol. The first-order chi connectivity index (χ1) is 9.56. The maximum Gasteiger partial charge on any atom is 0.306 e. The summed E-state index contributed by atoms with van der Waals surface area (Å²) >= 11 is 0. The number of amides is 2. The number of piperidine rings is 1. The van der Waals surface area contributed by atoms with Crippen molar-refractivity contribution in [1.82, 2.24) is 10.2 Å². The summed E-state index contributed by atoms with van der Waals surface area (Å²) in [4.78, 5) is 36.2. The van der Waals surface area contributed by atoms with Gasteiger partial charge in [-0.1, -0.05) is 6.92 Å². The molecule has 0 aliphatic carbocycles. The smallest absolute Gasteiger partial charge is 0.306 e. The number of likely N-dealkylation sites (tertiary alicyclic amines) is 1. The molecule has 1 aliphatic heterocycles. The maximum atomic E-state index is 11.9. The molecule has 0 saturated carbocycles. The molecule has 2 amide bonds. The second kappa shape index (κ2) is 8.55. The number of carbonyl (C=O) groups is 3. The zero-order valence-electron chi connectivity index (χ0n) is 12.3. The van der Waals surface area contributed by atoms with Crippen LogP contribution >= 0.6 is 0 Å². The fourth-order valence-corrected chi connectivity index (χ4v) is 2.20. The Morgan fingerprint density at radius 2 is 1.80 bits per heavy atom. The van der Waals surface area contributed by atoms with Crippen LogP contribution in [0.2, 0.25) is 0 Å². The first-order valence-electron chi connectivity index (χ1n) is 7.29. The molecule has 0 bridgehead atoms. The topological polar surface area (TPSA) is 75.7 Å². The highest BCUT2D eigenvalue weighted by Gasteiger charge is 2.23. The average Bonchev–Trinajstić information content (AvgIpc) is 2.45. The van der Waals surface area contributed by atoms with E-state index in [4.69, 9.17) is 4.74 Å². The van der Waals surface area contributed by atoms with Gasteiger partial charge in [-0.05, 0) is 19.8 Å². The van der Waals surface area contributed by atoms with Gasteiger partial charge in [-0.2, -0.15) is 0 Å². The lowest BCUT2D eigenvalue weighted by Gasteiger charge is -2.32. The fraction of sp³-hybridized carbons (Fsp3) is 0.786. The highest BCUT2D eigenvalue weighted by Crippen LogP contribution is 2.12. The van der Waals surface area contributed by atoms with Crippen molar-refractivity contribution in [2.24, 2.45) is 0 Å². The van der Waals surface area contributed by atoms with Gasteiger partial charge in [-0.15, -0.1) is 0 Å². The van der Waals surface area contributed by atoms with E-state index in [2.05, 4.69) is 5.32 Å². The van der Waals surface area contributed by atoms with Crippen LogP contribution in [0.15, 0.2) is 0 Å². The van der Waals surface area contributed by atoms with Gasteiger partial charge < -0.3 is 15.0 Å². The Labute approximate surface area is 119 Å². The van der Waals surface area contributed by atoms with Crippen LogP contribution in [0.3, 0.4) is 0 Å². The summed E-state index contributed by atoms with van der Waals surface area (Å²) in [5.74, 6) is -0.290. The standard InChI is InChI=1S/C14H24N2O4/c1-3-12(17)15-11-7-9-16(10-8-11)13(18)5-6-14(19)20-4-2/h11H,3-10H2,1-2H3,(H,15,17). The molecule has 1 aliphatic rings. The summed E-state index contributed by atoms with van der Waals surface area (Å²) in [7, 11) is 0. The van der Waals surface area contributed by atoms with E-state index in [9.17, 15) is 14.4 Å². The van der Waals surface area contributed by atoms with Crippen LogP contribution in [-0.4, -0.2) is 48.4 Å². The van der Waals surface area contributed by atoms with Gasteiger partial charge in [0.25, 0.3) is 0 Å². The summed E-state index contributed by atoms with van der Waals surface area (Å²) in [6.07, 6.45) is 2.37. The fourth-order valence-electron chi connectivity index (χ4n) is 2.20. The van der Waals surface area contributed by atoms with Crippen LogP contribution in [0.25, 0.3) is 0 Å². The number of hydrogen-bond acceptors (Lipinski definition) is 4. The third-order valence-electron chi connectivity index (χ3n) is 3.38. The van der Waals surface area contributed by atoms with Crippen molar-refractivity contribution in [2.45, 2.75) is 52.0 Å². The molecule has 1 rings (SSSR count). The second-order valence-electron chi connectivity index (χ2n) is 4.88. The molecule has 0 aromatic rings. The van der Waals surface area contributed by atoms with Crippen LogP contribution in [0.4, 0.5) is 0 Å². The molecule has 114 valence electrons. The number of hydrogen-bond donors (Lipinski definition) is 1. The molecule has 1 N–H and O–H groups in total. The summed E-state index contributed by atoms with van der Waals surface area (Å²) in [5, 5.41) is 2.94. The predicted octanol–water partition coefficient (Wildman–Crippen LogP) is 0.847. The monoisotopic (exact) mass is 284 g/mol. The zero-order chi connectivity index (χ0) is 15.0. The van der Waals surface area contributed by atoms with E-state index in [-0.39, 0.29) is 36.7 Å². The first kappa shape index (κ1) is 16.5. The van der Waals surface area contributed by atoms with Gasteiger partial charge in [-0.25, -0.2) is 0 Å². The molecular weight excluding hydrogens is 260 g/mol. The average molecular weight is 284 g/mol. The molecule has 0 unspecified atom stereocenters. The molecular formula is C14H24N2O4. The normalized spacial score (nSPS) is 15.8. The number of ether oxygens (including phenoxy) is 1. The molecule has 0 radical (unpaired) electrons. The maximum absolute atomic E-state index is 11.9. The number of nitrogens with one attached hydrogen (secondary N) is 1. The van der Waals surface area contributed by atoms with Crippen molar-refractivity contribution >= 4 is 17.8 Å². The lowest BCUT2D eigenvalue weighted by molar-refractivity contribution is -0.146. The molecule has 1 heterocycles. The van der Waals surface area contributed by atoms with Gasteiger partial charge in [0.05, 0.1) is 13.0 Å². The van der Waals surface area contributed by atoms with E-state index in [1.807, 2.05) is 6.92 Å². The van der Waals surface area contributed by atoms with Gasteiger partial charge in [0.15, 0.2) is 0 Å². The quantitative estimate of drug-likeness (QED) is 0.734. The molecule has 6 heteroatoms. The molecule has 0 spiro atoms. The highest BCUT2D eigenvalue weighted by molar-refractivity contribution is 5.81. The van der Waals surface area contributed by atoms with Crippen molar-refractivity contribution in [3.8, 4) is 0 Å². The van der Waals surface area contributed by atoms with E-state index in [0.29, 0.717) is 26.1 Å². The van der Waals surface area contributed by atoms with E-state index in [0.717, 1.165) is 12.8 Å². The van der Waals surface area contributed by atoms with Gasteiger partial charge in [-0.3, -0.25) is 14.4 Å². The number of nitrogens with zero attached hydrogens (tertiary/aromatic N) is 1. The number of rotatable bonds is 6. The largest absolute Gasteiger partial charge is 0.466 e. The van der Waals surface area contributed by atoms with Crippen molar-refractivity contribution in [1.29, 1.82) is 0 Å². The molecule has 1 saturated heterocycles. The van der Waals surface area contributed by atoms with Crippen LogP contribution in [-0.2, 0) is 19.1 Å². The third-order valence-corrected chi connectivity index (χ3v) is 3.38. The molecule has 0 aromatic heterocycles. The lowest BCUT2D eigenvalue weighted by atomic mass is 10.0. The molecule has 0 aromatic carbocycles. The molecule has 0 atom stereocenters. The summed E-state index contributed by atoms with van der Waals surface area (Å²) in [6, 6.07) is 0.163. The minimum Gasteiger partial charge on any atom is -0.466 e. The highest BCUT2D eigenvalue weighted by atomic mass is 16.5. The van der Waals surface area contributed by atoms with Crippen LogP contribution in [0.5, 0.6) is 0 Å². The van der Waals surface area contributed by atoms with Crippen LogP contribution < -0.4 is 5.32 Å².